The highest BCUT2D eigenvalue weighted by Crippen LogP contribution is 2.38. The van der Waals surface area contributed by atoms with Crippen LogP contribution in [0.25, 0.3) is 11.1 Å². The molecular formula is C25H25N4O2S. The van der Waals surface area contributed by atoms with Gasteiger partial charge in [-0.3, -0.25) is 0 Å². The summed E-state index contributed by atoms with van der Waals surface area (Å²) in [5, 5.41) is 20.6. The smallest absolute Gasteiger partial charge is 0.148 e. The first-order chi connectivity index (χ1) is 15.5. The molecule has 3 rings (SSSR count). The molecule has 0 bridgehead atoms. The number of pyridine rings is 1. The topological polar surface area (TPSA) is 82.2 Å². The van der Waals surface area contributed by atoms with Crippen LogP contribution in [0.5, 0.6) is 5.75 Å². The lowest BCUT2D eigenvalue weighted by Gasteiger charge is -2.26. The number of nitrogens with zero attached hydrogens (tertiary/aromatic N) is 4. The number of hydrogen-bond donors (Lipinski definition) is 0. The molecule has 0 amide bonds. The number of hydrogen-bond acceptors (Lipinski definition) is 7. The standard InChI is InChI=1S/C25H25N4O2S/c1-5-7-17(6-2)16-32-25-22(13-27)23(21(12-26)24(28-25)29(3)4)18-8-10-19(11-9-18)31-20-14-30-15-20/h1,8-11,17,20H,2,6-7,14-16H2,3-4H3. The van der Waals surface area contributed by atoms with Crippen LogP contribution in [0.2, 0.25) is 0 Å². The first kappa shape index (κ1) is 23.5. The molecule has 2 aromatic rings. The van der Waals surface area contributed by atoms with E-state index < -0.39 is 0 Å². The molecule has 1 fully saturated rings. The molecule has 163 valence electrons. The van der Waals surface area contributed by atoms with E-state index in [0.717, 1.165) is 11.3 Å². The molecule has 6 nitrogen and oxygen atoms in total. The van der Waals surface area contributed by atoms with Gasteiger partial charge < -0.3 is 14.4 Å². The summed E-state index contributed by atoms with van der Waals surface area (Å²) < 4.78 is 11.0. The van der Waals surface area contributed by atoms with E-state index in [-0.39, 0.29) is 12.0 Å². The highest BCUT2D eigenvalue weighted by atomic mass is 32.2. The number of thioether (sulfide) groups is 1. The van der Waals surface area contributed by atoms with Crippen molar-refractivity contribution in [3.63, 3.8) is 0 Å². The molecule has 1 atom stereocenters. The van der Waals surface area contributed by atoms with E-state index in [1.165, 1.54) is 11.8 Å². The average molecular weight is 446 g/mol. The van der Waals surface area contributed by atoms with Gasteiger partial charge >= 0.3 is 0 Å². The van der Waals surface area contributed by atoms with Crippen LogP contribution in [0.3, 0.4) is 0 Å². The van der Waals surface area contributed by atoms with Crippen LogP contribution in [0, 0.1) is 47.8 Å². The number of ether oxygens (including phenoxy) is 2. The van der Waals surface area contributed by atoms with Gasteiger partial charge in [0.2, 0.25) is 0 Å². The van der Waals surface area contributed by atoms with Crippen LogP contribution < -0.4 is 9.64 Å². The molecule has 1 aromatic carbocycles. The monoisotopic (exact) mass is 445 g/mol. The lowest BCUT2D eigenvalue weighted by atomic mass is 9.96. The maximum atomic E-state index is 10.0. The zero-order valence-electron chi connectivity index (χ0n) is 18.3. The fourth-order valence-electron chi connectivity index (χ4n) is 3.26. The summed E-state index contributed by atoms with van der Waals surface area (Å²) in [5.41, 5.74) is 2.11. The minimum absolute atomic E-state index is 0.0680. The maximum absolute atomic E-state index is 10.0. The average Bonchev–Trinajstić information content (AvgIpc) is 2.78. The Morgan fingerprint density at radius 3 is 2.44 bits per heavy atom. The normalized spacial score (nSPS) is 13.9. The molecule has 0 aliphatic carbocycles. The number of rotatable bonds is 9. The van der Waals surface area contributed by atoms with Gasteiger partial charge in [0.05, 0.1) is 18.8 Å². The van der Waals surface area contributed by atoms with Crippen molar-refractivity contribution >= 4 is 17.6 Å². The number of benzene rings is 1. The summed E-state index contributed by atoms with van der Waals surface area (Å²) in [7, 11) is 3.67. The van der Waals surface area contributed by atoms with Crippen LogP contribution in [-0.2, 0) is 4.74 Å². The molecule has 1 radical (unpaired) electrons. The fourth-order valence-corrected chi connectivity index (χ4v) is 4.38. The Labute approximate surface area is 194 Å². The van der Waals surface area contributed by atoms with Gasteiger partial charge in [-0.05, 0) is 30.0 Å². The van der Waals surface area contributed by atoms with Gasteiger partial charge in [0, 0.05) is 31.8 Å². The first-order valence-electron chi connectivity index (χ1n) is 10.3. The Morgan fingerprint density at radius 2 is 1.94 bits per heavy atom. The number of terminal acetylenes is 1. The van der Waals surface area contributed by atoms with Crippen molar-refractivity contribution in [3.8, 4) is 41.4 Å². The van der Waals surface area contributed by atoms with E-state index >= 15 is 0 Å². The molecule has 1 aliphatic rings. The van der Waals surface area contributed by atoms with Gasteiger partial charge in [0.1, 0.15) is 40.4 Å². The van der Waals surface area contributed by atoms with Crippen molar-refractivity contribution in [1.29, 1.82) is 10.5 Å². The van der Waals surface area contributed by atoms with Crippen molar-refractivity contribution in [1.82, 2.24) is 4.98 Å². The Bertz CT molecular complexity index is 1070. The SMILES string of the molecule is C#CCC(C[CH2])CSc1nc(N(C)C)c(C#N)c(-c2ccc(OC3COC3)cc2)c1C#N. The van der Waals surface area contributed by atoms with Crippen molar-refractivity contribution in [3.05, 3.63) is 42.3 Å². The summed E-state index contributed by atoms with van der Waals surface area (Å²) in [6, 6.07) is 12.0. The predicted octanol–water partition coefficient (Wildman–Crippen LogP) is 4.29. The van der Waals surface area contributed by atoms with Gasteiger partial charge in [-0.15, -0.1) is 24.1 Å². The molecular weight excluding hydrogens is 420 g/mol. The van der Waals surface area contributed by atoms with Crippen LogP contribution >= 0.6 is 11.8 Å². The maximum Gasteiger partial charge on any atom is 0.148 e. The van der Waals surface area contributed by atoms with Gasteiger partial charge in [0.15, 0.2) is 0 Å². The first-order valence-corrected chi connectivity index (χ1v) is 11.3. The van der Waals surface area contributed by atoms with Gasteiger partial charge in [-0.25, -0.2) is 4.98 Å². The lowest BCUT2D eigenvalue weighted by molar-refractivity contribution is -0.0796. The Morgan fingerprint density at radius 1 is 1.25 bits per heavy atom. The summed E-state index contributed by atoms with van der Waals surface area (Å²) in [4.78, 5) is 6.47. The molecule has 1 saturated heterocycles. The largest absolute Gasteiger partial charge is 0.486 e. The second kappa shape index (κ2) is 10.9. The van der Waals surface area contributed by atoms with Crippen molar-refractivity contribution in [2.75, 3.05) is 38.0 Å². The minimum Gasteiger partial charge on any atom is -0.486 e. The molecule has 0 spiro atoms. The van der Waals surface area contributed by atoms with Crippen LogP contribution in [0.4, 0.5) is 5.82 Å². The Hall–Kier alpha value is -3.18. The summed E-state index contributed by atoms with van der Waals surface area (Å²) in [5.74, 6) is 4.87. The molecule has 2 heterocycles. The van der Waals surface area contributed by atoms with Crippen molar-refractivity contribution in [2.24, 2.45) is 5.92 Å². The second-order valence-corrected chi connectivity index (χ2v) is 8.67. The Balaban J connectivity index is 2.04. The van der Waals surface area contributed by atoms with Crippen LogP contribution in [0.15, 0.2) is 29.3 Å². The summed E-state index contributed by atoms with van der Waals surface area (Å²) in [6.45, 7) is 5.15. The fraction of sp³-hybridized carbons (Fsp3) is 0.360. The Kier molecular flexibility index (Phi) is 8.01. The van der Waals surface area contributed by atoms with E-state index in [1.54, 1.807) is 4.90 Å². The highest BCUT2D eigenvalue weighted by molar-refractivity contribution is 7.99. The lowest BCUT2D eigenvalue weighted by Crippen LogP contribution is -2.38. The van der Waals surface area contributed by atoms with E-state index in [0.29, 0.717) is 59.3 Å². The van der Waals surface area contributed by atoms with Crippen molar-refractivity contribution in [2.45, 2.75) is 24.0 Å². The predicted molar refractivity (Wildman–Crippen MR) is 126 cm³/mol. The van der Waals surface area contributed by atoms with E-state index in [9.17, 15) is 10.5 Å². The van der Waals surface area contributed by atoms with Crippen LogP contribution in [-0.4, -0.2) is 44.1 Å². The zero-order valence-corrected chi connectivity index (χ0v) is 19.1. The summed E-state index contributed by atoms with van der Waals surface area (Å²) >= 11 is 1.48. The van der Waals surface area contributed by atoms with Gasteiger partial charge in [0.25, 0.3) is 0 Å². The third-order valence-corrected chi connectivity index (χ3v) is 6.32. The molecule has 0 saturated carbocycles. The van der Waals surface area contributed by atoms with Gasteiger partial charge in [-0.2, -0.15) is 10.5 Å². The molecule has 0 N–H and O–H groups in total. The molecule has 32 heavy (non-hydrogen) atoms. The van der Waals surface area contributed by atoms with E-state index in [1.807, 2.05) is 38.4 Å². The number of anilines is 1. The third kappa shape index (κ3) is 5.17. The number of aromatic nitrogens is 1. The summed E-state index contributed by atoms with van der Waals surface area (Å²) in [6.07, 6.45) is 6.87. The number of nitriles is 2. The van der Waals surface area contributed by atoms with Gasteiger partial charge in [-0.1, -0.05) is 19.1 Å². The molecule has 1 aromatic heterocycles. The van der Waals surface area contributed by atoms with Crippen LogP contribution in [0.1, 0.15) is 24.0 Å². The van der Waals surface area contributed by atoms with E-state index in [2.05, 4.69) is 30.0 Å². The zero-order chi connectivity index (χ0) is 23.1. The minimum atomic E-state index is 0.0680. The molecule has 1 aliphatic heterocycles. The highest BCUT2D eigenvalue weighted by Gasteiger charge is 2.24. The quantitative estimate of drug-likeness (QED) is 0.421. The molecule has 1 unspecified atom stereocenters. The van der Waals surface area contributed by atoms with E-state index in [4.69, 9.17) is 15.9 Å². The third-order valence-electron chi connectivity index (χ3n) is 5.12. The molecule has 7 heteroatoms. The second-order valence-electron chi connectivity index (χ2n) is 7.66. The van der Waals surface area contributed by atoms with Crippen molar-refractivity contribution < 1.29 is 9.47 Å².